The number of fused-ring (bicyclic) bond motifs is 1. The van der Waals surface area contributed by atoms with Crippen molar-refractivity contribution in [2.24, 2.45) is 0 Å². The van der Waals surface area contributed by atoms with E-state index in [2.05, 4.69) is 25.6 Å². The van der Waals surface area contributed by atoms with Crippen molar-refractivity contribution >= 4 is 16.7 Å². The second kappa shape index (κ2) is 8.03. The molecular weight excluding hydrogens is 388 g/mol. The molecule has 0 saturated carbocycles. The number of nitrogens with one attached hydrogen (secondary N) is 3. The lowest BCUT2D eigenvalue weighted by Crippen LogP contribution is -2.36. The first-order valence-electron chi connectivity index (χ1n) is 9.09. The highest BCUT2D eigenvalue weighted by Crippen LogP contribution is 2.18. The van der Waals surface area contributed by atoms with E-state index in [9.17, 15) is 14.4 Å². The van der Waals surface area contributed by atoms with E-state index in [1.54, 1.807) is 43.5 Å². The number of aromatic amines is 2. The Balaban J connectivity index is 1.43. The van der Waals surface area contributed by atoms with Gasteiger partial charge < -0.3 is 10.1 Å². The molecule has 4 aromatic rings. The third kappa shape index (κ3) is 3.83. The van der Waals surface area contributed by atoms with Crippen molar-refractivity contribution in [1.82, 2.24) is 30.3 Å². The van der Waals surface area contributed by atoms with Crippen LogP contribution in [-0.4, -0.2) is 38.0 Å². The minimum absolute atomic E-state index is 0.0918. The molecule has 0 atom stereocenters. The Labute approximate surface area is 169 Å². The number of methoxy groups -OCH3 is 1. The fraction of sp³-hybridized carbons (Fsp3) is 0.150. The lowest BCUT2D eigenvalue weighted by molar-refractivity contribution is -0.122. The fourth-order valence-corrected chi connectivity index (χ4v) is 2.98. The molecule has 0 aliphatic rings. The van der Waals surface area contributed by atoms with Gasteiger partial charge in [0.15, 0.2) is 5.82 Å². The quantitative estimate of drug-likeness (QED) is 0.434. The van der Waals surface area contributed by atoms with Gasteiger partial charge in [-0.15, -0.1) is 0 Å². The van der Waals surface area contributed by atoms with Crippen molar-refractivity contribution in [3.63, 3.8) is 0 Å². The van der Waals surface area contributed by atoms with Gasteiger partial charge in [0.1, 0.15) is 18.1 Å². The molecule has 2 heterocycles. The zero-order valence-corrected chi connectivity index (χ0v) is 16.0. The molecule has 0 saturated heterocycles. The molecule has 0 bridgehead atoms. The second-order valence-electron chi connectivity index (χ2n) is 6.49. The zero-order chi connectivity index (χ0) is 21.1. The third-order valence-electron chi connectivity index (χ3n) is 4.52. The first-order chi connectivity index (χ1) is 14.5. The number of carbonyl (C=O) groups excluding carboxylic acids is 1. The summed E-state index contributed by atoms with van der Waals surface area (Å²) in [7, 11) is 1.59. The molecule has 3 N–H and O–H groups in total. The molecule has 0 fully saturated rings. The van der Waals surface area contributed by atoms with Gasteiger partial charge in [0.2, 0.25) is 5.91 Å². The Morgan fingerprint density at radius 2 is 1.83 bits per heavy atom. The molecule has 0 radical (unpaired) electrons. The monoisotopic (exact) mass is 406 g/mol. The predicted octanol–water partition coefficient (Wildman–Crippen LogP) is 0.800. The number of carbonyl (C=O) groups is 1. The average molecular weight is 406 g/mol. The maximum absolute atomic E-state index is 12.5. The van der Waals surface area contributed by atoms with Gasteiger partial charge in [0, 0.05) is 5.56 Å². The Hall–Kier alpha value is -4.21. The molecule has 10 heteroatoms. The van der Waals surface area contributed by atoms with E-state index in [0.717, 1.165) is 16.0 Å². The first-order valence-corrected chi connectivity index (χ1v) is 9.09. The summed E-state index contributed by atoms with van der Waals surface area (Å²) in [6.45, 7) is -0.229. The van der Waals surface area contributed by atoms with Crippen LogP contribution in [0.25, 0.3) is 22.2 Å². The van der Waals surface area contributed by atoms with Gasteiger partial charge in [0.25, 0.3) is 11.1 Å². The van der Waals surface area contributed by atoms with Gasteiger partial charge in [-0.25, -0.2) is 9.67 Å². The van der Waals surface area contributed by atoms with Crippen LogP contribution in [0.15, 0.2) is 58.1 Å². The summed E-state index contributed by atoms with van der Waals surface area (Å²) >= 11 is 0. The summed E-state index contributed by atoms with van der Waals surface area (Å²) in [6, 6.07) is 13.7. The third-order valence-corrected chi connectivity index (χ3v) is 4.52. The smallest absolute Gasteiger partial charge is 0.273 e. The highest BCUT2D eigenvalue weighted by atomic mass is 16.5. The molecule has 10 nitrogen and oxygen atoms in total. The molecule has 30 heavy (non-hydrogen) atoms. The number of amides is 1. The lowest BCUT2D eigenvalue weighted by atomic mass is 10.2. The number of aromatic nitrogens is 5. The van der Waals surface area contributed by atoms with Crippen LogP contribution in [0.2, 0.25) is 0 Å². The standard InChI is InChI=1S/C20H18N6O4/c1-30-13-8-6-12(7-9-13)18-22-16(23-24-18)10-21-17(27)11-26-20(29)15-5-3-2-4-14(15)19(28)25-26/h2-9H,10-11H2,1H3,(H,21,27)(H,25,28)(H,22,23,24). The summed E-state index contributed by atoms with van der Waals surface area (Å²) in [5, 5.41) is 12.5. The van der Waals surface area contributed by atoms with Crippen molar-refractivity contribution in [1.29, 1.82) is 0 Å². The summed E-state index contributed by atoms with van der Waals surface area (Å²) in [6.07, 6.45) is 0. The number of benzene rings is 2. The van der Waals surface area contributed by atoms with Crippen LogP contribution in [-0.2, 0) is 17.9 Å². The average Bonchev–Trinajstić information content (AvgIpc) is 3.25. The van der Waals surface area contributed by atoms with Crippen LogP contribution >= 0.6 is 0 Å². The summed E-state index contributed by atoms with van der Waals surface area (Å²) in [5.41, 5.74) is -0.0795. The van der Waals surface area contributed by atoms with Crippen molar-refractivity contribution in [2.45, 2.75) is 13.1 Å². The minimum Gasteiger partial charge on any atom is -0.497 e. The number of nitrogens with zero attached hydrogens (tertiary/aromatic N) is 3. The van der Waals surface area contributed by atoms with Crippen LogP contribution in [0.3, 0.4) is 0 Å². The van der Waals surface area contributed by atoms with Crippen LogP contribution in [0, 0.1) is 0 Å². The molecule has 1 amide bonds. The van der Waals surface area contributed by atoms with E-state index < -0.39 is 17.0 Å². The Kier molecular flexibility index (Phi) is 5.12. The molecule has 0 spiro atoms. The molecule has 2 aromatic heterocycles. The molecule has 0 unspecified atom stereocenters. The number of rotatable bonds is 6. The van der Waals surface area contributed by atoms with Crippen LogP contribution in [0.4, 0.5) is 0 Å². The number of hydrogen-bond donors (Lipinski definition) is 3. The van der Waals surface area contributed by atoms with Gasteiger partial charge in [-0.1, -0.05) is 12.1 Å². The Morgan fingerprint density at radius 1 is 1.10 bits per heavy atom. The second-order valence-corrected chi connectivity index (χ2v) is 6.49. The number of hydrogen-bond acceptors (Lipinski definition) is 6. The highest BCUT2D eigenvalue weighted by Gasteiger charge is 2.11. The fourth-order valence-electron chi connectivity index (χ4n) is 2.98. The number of ether oxygens (including phenoxy) is 1. The summed E-state index contributed by atoms with van der Waals surface area (Å²) in [4.78, 5) is 41.2. The SMILES string of the molecule is COc1ccc(-c2n[nH]c(CNC(=O)Cn3[nH]c(=O)c4ccccc4c3=O)n2)cc1. The molecule has 0 aliphatic carbocycles. The van der Waals surface area contributed by atoms with Gasteiger partial charge in [-0.2, -0.15) is 5.10 Å². The van der Waals surface area contributed by atoms with E-state index >= 15 is 0 Å². The minimum atomic E-state index is -0.453. The van der Waals surface area contributed by atoms with Gasteiger partial charge >= 0.3 is 0 Å². The van der Waals surface area contributed by atoms with E-state index in [4.69, 9.17) is 4.74 Å². The number of H-pyrrole nitrogens is 2. The van der Waals surface area contributed by atoms with Crippen LogP contribution < -0.4 is 21.2 Å². The predicted molar refractivity (Wildman–Crippen MR) is 109 cm³/mol. The van der Waals surface area contributed by atoms with Crippen molar-refractivity contribution in [3.05, 3.63) is 75.1 Å². The molecule has 2 aromatic carbocycles. The summed E-state index contributed by atoms with van der Waals surface area (Å²) in [5.74, 6) is 1.21. The first kappa shape index (κ1) is 19.1. The largest absolute Gasteiger partial charge is 0.497 e. The van der Waals surface area contributed by atoms with E-state index in [0.29, 0.717) is 11.6 Å². The van der Waals surface area contributed by atoms with Gasteiger partial charge in [-0.05, 0) is 36.4 Å². The molecule has 4 rings (SSSR count). The van der Waals surface area contributed by atoms with Crippen molar-refractivity contribution in [2.75, 3.05) is 7.11 Å². The van der Waals surface area contributed by atoms with E-state index in [1.807, 2.05) is 12.1 Å². The van der Waals surface area contributed by atoms with E-state index in [1.165, 1.54) is 0 Å². The molecular formula is C20H18N6O4. The van der Waals surface area contributed by atoms with Crippen LogP contribution in [0.5, 0.6) is 5.75 Å². The zero-order valence-electron chi connectivity index (χ0n) is 16.0. The van der Waals surface area contributed by atoms with E-state index in [-0.39, 0.29) is 23.9 Å². The van der Waals surface area contributed by atoms with Crippen molar-refractivity contribution in [3.8, 4) is 17.1 Å². The topological polar surface area (TPSA) is 135 Å². The molecule has 152 valence electrons. The summed E-state index contributed by atoms with van der Waals surface area (Å²) < 4.78 is 6.11. The van der Waals surface area contributed by atoms with Crippen molar-refractivity contribution < 1.29 is 9.53 Å². The lowest BCUT2D eigenvalue weighted by Gasteiger charge is -2.07. The van der Waals surface area contributed by atoms with Gasteiger partial charge in [0.05, 0.1) is 24.4 Å². The highest BCUT2D eigenvalue weighted by molar-refractivity contribution is 5.81. The maximum atomic E-state index is 12.5. The maximum Gasteiger partial charge on any atom is 0.273 e. The van der Waals surface area contributed by atoms with Crippen LogP contribution in [0.1, 0.15) is 5.82 Å². The Bertz CT molecular complexity index is 1320. The van der Waals surface area contributed by atoms with Gasteiger partial charge in [-0.3, -0.25) is 24.6 Å². The normalized spacial score (nSPS) is 10.8. The Morgan fingerprint density at radius 3 is 2.57 bits per heavy atom. The molecule has 0 aliphatic heterocycles.